The van der Waals surface area contributed by atoms with E-state index in [2.05, 4.69) is 5.32 Å². The molecule has 10 heteroatoms. The summed E-state index contributed by atoms with van der Waals surface area (Å²) in [6.07, 6.45) is 0. The minimum atomic E-state index is -0.853. The first-order chi connectivity index (χ1) is 16.7. The van der Waals surface area contributed by atoms with E-state index < -0.39 is 35.9 Å². The Morgan fingerprint density at radius 1 is 1.06 bits per heavy atom. The van der Waals surface area contributed by atoms with Gasteiger partial charge in [0, 0.05) is 54.0 Å². The third-order valence-electron chi connectivity index (χ3n) is 5.76. The van der Waals surface area contributed by atoms with Crippen molar-refractivity contribution in [3.63, 3.8) is 0 Å². The van der Waals surface area contributed by atoms with Crippen LogP contribution in [0.3, 0.4) is 0 Å². The molecule has 0 saturated carbocycles. The number of hydrogen-bond acceptors (Lipinski definition) is 3. The van der Waals surface area contributed by atoms with Crippen molar-refractivity contribution in [3.8, 4) is 5.75 Å². The Hall–Kier alpha value is -3.72. The van der Waals surface area contributed by atoms with Crippen LogP contribution in [-0.4, -0.2) is 31.0 Å². The Balaban J connectivity index is 1.60. The highest BCUT2D eigenvalue weighted by atomic mass is 35.5. The van der Waals surface area contributed by atoms with Crippen molar-refractivity contribution < 1.29 is 27.5 Å². The predicted molar refractivity (Wildman–Crippen MR) is 125 cm³/mol. The summed E-state index contributed by atoms with van der Waals surface area (Å²) in [5, 5.41) is 2.66. The molecule has 182 valence electrons. The lowest BCUT2D eigenvalue weighted by atomic mass is 10.0. The number of benzene rings is 3. The number of amides is 3. The van der Waals surface area contributed by atoms with Gasteiger partial charge in [-0.15, -0.1) is 0 Å². The molecule has 0 aromatic heterocycles. The first-order valence-electron chi connectivity index (χ1n) is 10.6. The average Bonchev–Trinajstić information content (AvgIpc) is 2.82. The molecule has 1 aliphatic rings. The molecule has 4 rings (SSSR count). The van der Waals surface area contributed by atoms with Gasteiger partial charge in [-0.1, -0.05) is 23.7 Å². The van der Waals surface area contributed by atoms with Crippen LogP contribution in [-0.2, 0) is 19.6 Å². The number of anilines is 1. The summed E-state index contributed by atoms with van der Waals surface area (Å²) in [5.41, 5.74) is 1.15. The van der Waals surface area contributed by atoms with Crippen molar-refractivity contribution in [1.29, 1.82) is 0 Å². The summed E-state index contributed by atoms with van der Waals surface area (Å²) in [5.74, 6) is -2.84. The molecule has 6 nitrogen and oxygen atoms in total. The fourth-order valence-electron chi connectivity index (χ4n) is 3.85. The first-order valence-corrected chi connectivity index (χ1v) is 11.0. The summed E-state index contributed by atoms with van der Waals surface area (Å²) in [6.45, 7) is -0.247. The average molecular weight is 504 g/mol. The highest BCUT2D eigenvalue weighted by molar-refractivity contribution is 6.31. The number of ether oxygens (including phenoxy) is 1. The maximum atomic E-state index is 14.4. The van der Waals surface area contributed by atoms with Gasteiger partial charge in [0.15, 0.2) is 0 Å². The Kier molecular flexibility index (Phi) is 6.88. The third kappa shape index (κ3) is 4.90. The number of rotatable bonds is 6. The van der Waals surface area contributed by atoms with E-state index in [1.165, 1.54) is 41.2 Å². The molecule has 3 amide bonds. The zero-order valence-corrected chi connectivity index (χ0v) is 19.6. The smallest absolute Gasteiger partial charge is 0.324 e. The van der Waals surface area contributed by atoms with E-state index in [1.807, 2.05) is 0 Å². The monoisotopic (exact) mass is 503 g/mol. The van der Waals surface area contributed by atoms with E-state index in [9.17, 15) is 22.8 Å². The molecule has 0 saturated heterocycles. The molecular weight excluding hydrogens is 483 g/mol. The van der Waals surface area contributed by atoms with Crippen LogP contribution >= 0.6 is 11.6 Å². The summed E-state index contributed by atoms with van der Waals surface area (Å²) in [4.78, 5) is 28.5. The SMILES string of the molecule is COc1cc(F)c(CNC(=O)c2ccc3c(c2)N(Cc2c(F)cccc2Cl)C(=O)N(C)C3)c(F)c1. The molecule has 0 radical (unpaired) electrons. The van der Waals surface area contributed by atoms with Crippen molar-refractivity contribution in [2.75, 3.05) is 19.1 Å². The zero-order chi connectivity index (χ0) is 25.3. The molecular formula is C25H21ClF3N3O3. The first kappa shape index (κ1) is 24.4. The molecule has 0 aliphatic carbocycles. The van der Waals surface area contributed by atoms with Crippen LogP contribution in [0.2, 0.25) is 5.02 Å². The second-order valence-electron chi connectivity index (χ2n) is 8.02. The van der Waals surface area contributed by atoms with Crippen LogP contribution in [0.4, 0.5) is 23.7 Å². The number of fused-ring (bicyclic) bond motifs is 1. The molecule has 0 fully saturated rings. The number of urea groups is 1. The fourth-order valence-corrected chi connectivity index (χ4v) is 4.08. The van der Waals surface area contributed by atoms with Gasteiger partial charge in [-0.05, 0) is 29.8 Å². The fraction of sp³-hybridized carbons (Fsp3) is 0.200. The summed E-state index contributed by atoms with van der Waals surface area (Å²) in [6, 6.07) is 10.6. The quantitative estimate of drug-likeness (QED) is 0.498. The van der Waals surface area contributed by atoms with E-state index in [1.54, 1.807) is 19.2 Å². The van der Waals surface area contributed by atoms with Crippen molar-refractivity contribution in [2.24, 2.45) is 0 Å². The van der Waals surface area contributed by atoms with Gasteiger partial charge in [-0.2, -0.15) is 0 Å². The lowest BCUT2D eigenvalue weighted by molar-refractivity contribution is 0.0950. The molecule has 1 heterocycles. The number of hydrogen-bond donors (Lipinski definition) is 1. The van der Waals surface area contributed by atoms with Crippen LogP contribution in [0.15, 0.2) is 48.5 Å². The predicted octanol–water partition coefficient (Wildman–Crippen LogP) is 5.27. The highest BCUT2D eigenvalue weighted by Gasteiger charge is 2.30. The summed E-state index contributed by atoms with van der Waals surface area (Å²) < 4.78 is 47.7. The van der Waals surface area contributed by atoms with Crippen molar-refractivity contribution in [2.45, 2.75) is 19.6 Å². The summed E-state index contributed by atoms with van der Waals surface area (Å²) >= 11 is 6.16. The van der Waals surface area contributed by atoms with Crippen LogP contribution in [0.1, 0.15) is 27.0 Å². The normalized spacial score (nSPS) is 13.0. The number of carbonyl (C=O) groups is 2. The number of methoxy groups -OCH3 is 1. The Morgan fingerprint density at radius 2 is 1.77 bits per heavy atom. The van der Waals surface area contributed by atoms with Gasteiger partial charge in [0.05, 0.1) is 19.3 Å². The van der Waals surface area contributed by atoms with Crippen LogP contribution in [0, 0.1) is 17.5 Å². The second-order valence-corrected chi connectivity index (χ2v) is 8.43. The standard InChI is InChI=1S/C25H21ClF3N3O3/c1-31-12-15-7-6-14(24(33)30-11-17-21(28)9-16(35-2)10-22(17)29)8-23(15)32(25(31)34)13-18-19(26)4-3-5-20(18)27/h3-10H,11-13H2,1-2H3,(H,30,33). The van der Waals surface area contributed by atoms with Gasteiger partial charge in [-0.25, -0.2) is 18.0 Å². The van der Waals surface area contributed by atoms with Crippen LogP contribution < -0.4 is 15.0 Å². The number of nitrogens with zero attached hydrogens (tertiary/aromatic N) is 2. The maximum absolute atomic E-state index is 14.4. The minimum Gasteiger partial charge on any atom is -0.497 e. The molecule has 0 bridgehead atoms. The zero-order valence-electron chi connectivity index (χ0n) is 18.9. The largest absolute Gasteiger partial charge is 0.497 e. The van der Waals surface area contributed by atoms with E-state index >= 15 is 0 Å². The van der Waals surface area contributed by atoms with E-state index in [4.69, 9.17) is 16.3 Å². The van der Waals surface area contributed by atoms with E-state index in [0.29, 0.717) is 12.2 Å². The van der Waals surface area contributed by atoms with Gasteiger partial charge >= 0.3 is 6.03 Å². The molecule has 0 unspecified atom stereocenters. The molecule has 35 heavy (non-hydrogen) atoms. The Morgan fingerprint density at radius 3 is 2.43 bits per heavy atom. The minimum absolute atomic E-state index is 0.0226. The van der Waals surface area contributed by atoms with Gasteiger partial charge in [0.2, 0.25) is 0 Å². The van der Waals surface area contributed by atoms with Gasteiger partial charge in [0.1, 0.15) is 23.2 Å². The molecule has 1 aliphatic heterocycles. The van der Waals surface area contributed by atoms with E-state index in [0.717, 1.165) is 17.7 Å². The molecule has 0 spiro atoms. The molecule has 3 aromatic carbocycles. The van der Waals surface area contributed by atoms with Gasteiger partial charge < -0.3 is 15.0 Å². The number of halogens is 4. The van der Waals surface area contributed by atoms with Crippen molar-refractivity contribution >= 4 is 29.2 Å². The molecule has 1 N–H and O–H groups in total. The topological polar surface area (TPSA) is 61.9 Å². The summed E-state index contributed by atoms with van der Waals surface area (Å²) in [7, 11) is 2.90. The Labute approximate surface area is 204 Å². The third-order valence-corrected chi connectivity index (χ3v) is 6.11. The van der Waals surface area contributed by atoms with Gasteiger partial charge in [0.25, 0.3) is 5.91 Å². The number of nitrogens with one attached hydrogen (secondary N) is 1. The number of carbonyl (C=O) groups excluding carboxylic acids is 2. The second kappa shape index (κ2) is 9.87. The van der Waals surface area contributed by atoms with Gasteiger partial charge in [-0.3, -0.25) is 9.69 Å². The lowest BCUT2D eigenvalue weighted by Gasteiger charge is -2.35. The van der Waals surface area contributed by atoms with Crippen molar-refractivity contribution in [3.05, 3.63) is 93.3 Å². The van der Waals surface area contributed by atoms with Crippen LogP contribution in [0.5, 0.6) is 5.75 Å². The molecule has 0 atom stereocenters. The van der Waals surface area contributed by atoms with Crippen LogP contribution in [0.25, 0.3) is 0 Å². The highest BCUT2D eigenvalue weighted by Crippen LogP contribution is 2.32. The Bertz CT molecular complexity index is 1280. The molecule has 3 aromatic rings. The lowest BCUT2D eigenvalue weighted by Crippen LogP contribution is -2.45. The maximum Gasteiger partial charge on any atom is 0.324 e. The van der Waals surface area contributed by atoms with E-state index in [-0.39, 0.29) is 34.0 Å². The van der Waals surface area contributed by atoms with Crippen molar-refractivity contribution in [1.82, 2.24) is 10.2 Å².